The van der Waals surface area contributed by atoms with E-state index >= 15 is 0 Å². The molecular formula is C14H21N5O4. The second kappa shape index (κ2) is 9.13. The molecule has 2 heterocycles. The third-order valence-electron chi connectivity index (χ3n) is 3.43. The quantitative estimate of drug-likeness (QED) is 0.532. The van der Waals surface area contributed by atoms with E-state index in [1.807, 2.05) is 0 Å². The van der Waals surface area contributed by atoms with Crippen molar-refractivity contribution in [1.29, 1.82) is 0 Å². The number of aliphatic hydroxyl groups excluding tert-OH is 1. The maximum atomic E-state index is 12.0. The minimum Gasteiger partial charge on any atom is -0.394 e. The van der Waals surface area contributed by atoms with Gasteiger partial charge in [-0.25, -0.2) is 4.98 Å². The van der Waals surface area contributed by atoms with Crippen LogP contribution in [0.25, 0.3) is 0 Å². The summed E-state index contributed by atoms with van der Waals surface area (Å²) in [7, 11) is 0. The van der Waals surface area contributed by atoms with Gasteiger partial charge in [-0.1, -0.05) is 0 Å². The summed E-state index contributed by atoms with van der Waals surface area (Å²) < 4.78 is 5.25. The summed E-state index contributed by atoms with van der Waals surface area (Å²) in [4.78, 5) is 33.7. The molecule has 0 bridgehead atoms. The van der Waals surface area contributed by atoms with Crippen LogP contribution in [0.3, 0.4) is 0 Å². The molecule has 2 amide bonds. The number of nitrogens with zero attached hydrogens (tertiary/aromatic N) is 3. The van der Waals surface area contributed by atoms with E-state index in [4.69, 9.17) is 4.74 Å². The highest BCUT2D eigenvalue weighted by atomic mass is 16.5. The van der Waals surface area contributed by atoms with E-state index in [1.165, 1.54) is 18.6 Å². The van der Waals surface area contributed by atoms with E-state index in [0.717, 1.165) is 13.1 Å². The van der Waals surface area contributed by atoms with Crippen molar-refractivity contribution in [2.45, 2.75) is 6.04 Å². The van der Waals surface area contributed by atoms with Gasteiger partial charge in [-0.3, -0.25) is 19.5 Å². The van der Waals surface area contributed by atoms with Crippen molar-refractivity contribution in [2.24, 2.45) is 0 Å². The van der Waals surface area contributed by atoms with E-state index in [0.29, 0.717) is 26.3 Å². The van der Waals surface area contributed by atoms with Gasteiger partial charge in [-0.2, -0.15) is 0 Å². The van der Waals surface area contributed by atoms with Crippen molar-refractivity contribution in [3.8, 4) is 0 Å². The molecule has 1 atom stereocenters. The molecule has 126 valence electrons. The summed E-state index contributed by atoms with van der Waals surface area (Å²) in [5.41, 5.74) is 0.0899. The molecule has 1 aliphatic heterocycles. The van der Waals surface area contributed by atoms with Crippen LogP contribution in [0.2, 0.25) is 0 Å². The second-order valence-corrected chi connectivity index (χ2v) is 5.04. The first-order chi connectivity index (χ1) is 11.2. The molecular weight excluding hydrogens is 302 g/mol. The number of hydrogen-bond donors (Lipinski definition) is 3. The lowest BCUT2D eigenvalue weighted by Gasteiger charge is -2.26. The Labute approximate surface area is 134 Å². The molecule has 23 heavy (non-hydrogen) atoms. The number of aromatic nitrogens is 2. The van der Waals surface area contributed by atoms with Crippen molar-refractivity contribution >= 4 is 11.8 Å². The fourth-order valence-electron chi connectivity index (χ4n) is 2.13. The first-order valence-electron chi connectivity index (χ1n) is 7.46. The molecule has 0 radical (unpaired) electrons. The Hall–Kier alpha value is -2.10. The third kappa shape index (κ3) is 5.55. The van der Waals surface area contributed by atoms with Gasteiger partial charge >= 0.3 is 0 Å². The topological polar surface area (TPSA) is 117 Å². The molecule has 1 aliphatic rings. The normalized spacial score (nSPS) is 16.6. The zero-order valence-corrected chi connectivity index (χ0v) is 12.8. The summed E-state index contributed by atoms with van der Waals surface area (Å²) in [5.74, 6) is -0.988. The zero-order valence-electron chi connectivity index (χ0n) is 12.8. The summed E-state index contributed by atoms with van der Waals surface area (Å²) in [6, 6.07) is -1.02. The highest BCUT2D eigenvalue weighted by Gasteiger charge is 2.21. The van der Waals surface area contributed by atoms with E-state index in [-0.39, 0.29) is 5.69 Å². The SMILES string of the molecule is O=C(NC(CO)C(=O)NCCN1CCOCC1)c1cnccn1. The van der Waals surface area contributed by atoms with Crippen molar-refractivity contribution in [2.75, 3.05) is 46.0 Å². The standard InChI is InChI=1S/C14H21N5O4/c20-10-12(18-14(22)11-9-15-1-2-16-11)13(21)17-3-4-19-5-7-23-8-6-19/h1-2,9,12,20H,3-8,10H2,(H,17,21)(H,18,22). The Bertz CT molecular complexity index is 507. The van der Waals surface area contributed by atoms with Crippen LogP contribution in [0, 0.1) is 0 Å². The first-order valence-corrected chi connectivity index (χ1v) is 7.46. The number of aliphatic hydroxyl groups is 1. The van der Waals surface area contributed by atoms with Gasteiger partial charge in [0.05, 0.1) is 26.0 Å². The fraction of sp³-hybridized carbons (Fsp3) is 0.571. The van der Waals surface area contributed by atoms with Gasteiger partial charge < -0.3 is 20.5 Å². The molecule has 1 unspecified atom stereocenters. The highest BCUT2D eigenvalue weighted by Crippen LogP contribution is 1.96. The van der Waals surface area contributed by atoms with Gasteiger partial charge in [0.15, 0.2) is 0 Å². The molecule has 9 nitrogen and oxygen atoms in total. The molecule has 1 fully saturated rings. The summed E-state index contributed by atoms with van der Waals surface area (Å²) in [5, 5.41) is 14.4. The Morgan fingerprint density at radius 1 is 1.35 bits per heavy atom. The number of ether oxygens (including phenoxy) is 1. The van der Waals surface area contributed by atoms with Gasteiger partial charge in [0.2, 0.25) is 5.91 Å². The van der Waals surface area contributed by atoms with Crippen LogP contribution >= 0.6 is 0 Å². The summed E-state index contributed by atoms with van der Waals surface area (Å²) in [6.07, 6.45) is 4.12. The summed E-state index contributed by atoms with van der Waals surface area (Å²) in [6.45, 7) is 3.71. The van der Waals surface area contributed by atoms with Gasteiger partial charge in [-0.15, -0.1) is 0 Å². The number of amides is 2. The van der Waals surface area contributed by atoms with Gasteiger partial charge in [0, 0.05) is 38.6 Å². The monoisotopic (exact) mass is 323 g/mol. The molecule has 0 aromatic carbocycles. The van der Waals surface area contributed by atoms with Crippen LogP contribution in [0.4, 0.5) is 0 Å². The average Bonchev–Trinajstić information content (AvgIpc) is 2.61. The van der Waals surface area contributed by atoms with E-state index in [1.54, 1.807) is 0 Å². The van der Waals surface area contributed by atoms with Crippen molar-refractivity contribution in [3.05, 3.63) is 24.3 Å². The maximum Gasteiger partial charge on any atom is 0.272 e. The number of carbonyl (C=O) groups is 2. The molecule has 1 aromatic heterocycles. The number of hydrogen-bond acceptors (Lipinski definition) is 7. The molecule has 3 N–H and O–H groups in total. The molecule has 1 saturated heterocycles. The average molecular weight is 323 g/mol. The zero-order chi connectivity index (χ0) is 16.5. The second-order valence-electron chi connectivity index (χ2n) is 5.04. The maximum absolute atomic E-state index is 12.0. The van der Waals surface area contributed by atoms with Crippen molar-refractivity contribution < 1.29 is 19.4 Å². The number of carbonyl (C=O) groups excluding carboxylic acids is 2. The Balaban J connectivity index is 1.75. The van der Waals surface area contributed by atoms with E-state index in [9.17, 15) is 14.7 Å². The highest BCUT2D eigenvalue weighted by molar-refractivity contribution is 5.95. The minimum absolute atomic E-state index is 0.0899. The lowest BCUT2D eigenvalue weighted by molar-refractivity contribution is -0.123. The fourth-order valence-corrected chi connectivity index (χ4v) is 2.13. The molecule has 9 heteroatoms. The number of nitrogens with one attached hydrogen (secondary N) is 2. The Morgan fingerprint density at radius 2 is 2.13 bits per heavy atom. The van der Waals surface area contributed by atoms with Gasteiger partial charge in [0.25, 0.3) is 5.91 Å². The van der Waals surface area contributed by atoms with Crippen molar-refractivity contribution in [3.63, 3.8) is 0 Å². The van der Waals surface area contributed by atoms with Gasteiger partial charge in [0.1, 0.15) is 11.7 Å². The minimum atomic E-state index is -1.02. The predicted molar refractivity (Wildman–Crippen MR) is 80.6 cm³/mol. The van der Waals surface area contributed by atoms with Crippen LogP contribution in [-0.4, -0.2) is 83.8 Å². The van der Waals surface area contributed by atoms with Crippen LogP contribution < -0.4 is 10.6 Å². The smallest absolute Gasteiger partial charge is 0.272 e. The van der Waals surface area contributed by atoms with E-state index in [2.05, 4.69) is 25.5 Å². The lowest BCUT2D eigenvalue weighted by Crippen LogP contribution is -2.50. The van der Waals surface area contributed by atoms with E-state index < -0.39 is 24.5 Å². The first kappa shape index (κ1) is 17.3. The van der Waals surface area contributed by atoms with Gasteiger partial charge in [-0.05, 0) is 0 Å². The molecule has 2 rings (SSSR count). The van der Waals surface area contributed by atoms with Crippen LogP contribution in [0.1, 0.15) is 10.5 Å². The molecule has 0 spiro atoms. The third-order valence-corrected chi connectivity index (χ3v) is 3.43. The largest absolute Gasteiger partial charge is 0.394 e. The Kier molecular flexibility index (Phi) is 6.85. The Morgan fingerprint density at radius 3 is 2.78 bits per heavy atom. The molecule has 0 saturated carbocycles. The molecule has 1 aromatic rings. The van der Waals surface area contributed by atoms with Crippen LogP contribution in [0.5, 0.6) is 0 Å². The van der Waals surface area contributed by atoms with Crippen LogP contribution in [0.15, 0.2) is 18.6 Å². The number of morpholine rings is 1. The summed E-state index contributed by atoms with van der Waals surface area (Å²) >= 11 is 0. The molecule has 0 aliphatic carbocycles. The lowest BCUT2D eigenvalue weighted by atomic mass is 10.2. The number of rotatable bonds is 7. The predicted octanol–water partition coefficient (Wildman–Crippen LogP) is -1.98. The van der Waals surface area contributed by atoms with Crippen LogP contribution in [-0.2, 0) is 9.53 Å². The van der Waals surface area contributed by atoms with Crippen molar-refractivity contribution in [1.82, 2.24) is 25.5 Å².